The van der Waals surface area contributed by atoms with Gasteiger partial charge in [-0.2, -0.15) is 13.2 Å². The zero-order valence-electron chi connectivity index (χ0n) is 12.4. The van der Waals surface area contributed by atoms with E-state index in [0.717, 1.165) is 6.54 Å². The number of alkyl halides is 3. The van der Waals surface area contributed by atoms with Gasteiger partial charge in [0.25, 0.3) is 0 Å². The van der Waals surface area contributed by atoms with Gasteiger partial charge in [0, 0.05) is 18.6 Å². The molecule has 0 heterocycles. The standard InChI is InChI=1S/C15H27F3N2/c1-20(10-12-4-2-3-5-12)14(11-19)8-6-13(7-9-14)15(16,17)18/h12-13H,2-11,19H2,1H3. The van der Waals surface area contributed by atoms with Crippen LogP contribution in [0.4, 0.5) is 13.2 Å². The van der Waals surface area contributed by atoms with Gasteiger partial charge in [0.05, 0.1) is 5.92 Å². The highest BCUT2D eigenvalue weighted by atomic mass is 19.4. The molecular weight excluding hydrogens is 265 g/mol. The van der Waals surface area contributed by atoms with E-state index >= 15 is 0 Å². The average Bonchev–Trinajstić information content (AvgIpc) is 2.90. The predicted octanol–water partition coefficient (Wildman–Crippen LogP) is 3.56. The second kappa shape index (κ2) is 6.22. The highest BCUT2D eigenvalue weighted by Gasteiger charge is 2.46. The molecule has 0 aromatic rings. The smallest absolute Gasteiger partial charge is 0.329 e. The van der Waals surface area contributed by atoms with E-state index in [-0.39, 0.29) is 18.4 Å². The SMILES string of the molecule is CN(CC1CCCC1)C1(CN)CCC(C(F)(F)F)CC1. The van der Waals surface area contributed by atoms with Gasteiger partial charge in [-0.25, -0.2) is 0 Å². The molecule has 118 valence electrons. The summed E-state index contributed by atoms with van der Waals surface area (Å²) in [6.45, 7) is 1.47. The molecule has 2 rings (SSSR count). The highest BCUT2D eigenvalue weighted by molar-refractivity contribution is 4.96. The van der Waals surface area contributed by atoms with E-state index in [1.54, 1.807) is 0 Å². The Morgan fingerprint density at radius 1 is 1.10 bits per heavy atom. The molecule has 0 radical (unpaired) electrons. The van der Waals surface area contributed by atoms with E-state index in [1.165, 1.54) is 25.7 Å². The largest absolute Gasteiger partial charge is 0.391 e. The minimum atomic E-state index is -4.04. The van der Waals surface area contributed by atoms with Gasteiger partial charge in [0.15, 0.2) is 0 Å². The molecule has 0 aliphatic heterocycles. The van der Waals surface area contributed by atoms with Crippen molar-refractivity contribution in [1.82, 2.24) is 4.90 Å². The molecule has 2 N–H and O–H groups in total. The summed E-state index contributed by atoms with van der Waals surface area (Å²) in [5, 5.41) is 0. The van der Waals surface area contributed by atoms with Gasteiger partial charge in [0.1, 0.15) is 0 Å². The summed E-state index contributed by atoms with van der Waals surface area (Å²) >= 11 is 0. The summed E-state index contributed by atoms with van der Waals surface area (Å²) in [4.78, 5) is 2.27. The Hall–Kier alpha value is -0.290. The number of hydrogen-bond donors (Lipinski definition) is 1. The number of halogens is 3. The van der Waals surface area contributed by atoms with Gasteiger partial charge in [-0.15, -0.1) is 0 Å². The van der Waals surface area contributed by atoms with Gasteiger partial charge >= 0.3 is 6.18 Å². The van der Waals surface area contributed by atoms with E-state index in [2.05, 4.69) is 11.9 Å². The number of nitrogens with two attached hydrogens (primary N) is 1. The van der Waals surface area contributed by atoms with Gasteiger partial charge in [0.2, 0.25) is 0 Å². The Kier molecular flexibility index (Phi) is 5.00. The van der Waals surface area contributed by atoms with Crippen LogP contribution in [0.5, 0.6) is 0 Å². The van der Waals surface area contributed by atoms with E-state index in [4.69, 9.17) is 5.73 Å². The van der Waals surface area contributed by atoms with E-state index in [1.807, 2.05) is 0 Å². The molecule has 0 amide bonds. The topological polar surface area (TPSA) is 29.3 Å². The third-order valence-corrected chi connectivity index (χ3v) is 5.58. The normalized spacial score (nSPS) is 33.0. The van der Waals surface area contributed by atoms with Crippen LogP contribution in [0.3, 0.4) is 0 Å². The van der Waals surface area contributed by atoms with Crippen molar-refractivity contribution in [3.05, 3.63) is 0 Å². The van der Waals surface area contributed by atoms with E-state index in [9.17, 15) is 13.2 Å². The molecule has 2 aliphatic rings. The molecule has 0 aromatic carbocycles. The third-order valence-electron chi connectivity index (χ3n) is 5.58. The lowest BCUT2D eigenvalue weighted by Gasteiger charge is -2.47. The molecule has 2 aliphatic carbocycles. The van der Waals surface area contributed by atoms with E-state index < -0.39 is 12.1 Å². The van der Waals surface area contributed by atoms with Crippen molar-refractivity contribution in [3.8, 4) is 0 Å². The maximum atomic E-state index is 12.8. The zero-order valence-corrected chi connectivity index (χ0v) is 12.4. The van der Waals surface area contributed by atoms with Crippen molar-refractivity contribution in [1.29, 1.82) is 0 Å². The van der Waals surface area contributed by atoms with Crippen molar-refractivity contribution in [2.45, 2.75) is 63.1 Å². The van der Waals surface area contributed by atoms with Crippen molar-refractivity contribution < 1.29 is 13.2 Å². The number of likely N-dealkylation sites (N-methyl/N-ethyl adjacent to an activating group) is 1. The first-order valence-electron chi connectivity index (χ1n) is 7.85. The first-order chi connectivity index (χ1) is 9.37. The van der Waals surface area contributed by atoms with Gasteiger partial charge in [-0.05, 0) is 51.5 Å². The average molecular weight is 292 g/mol. The highest BCUT2D eigenvalue weighted by Crippen LogP contribution is 2.43. The first kappa shape index (κ1) is 16.1. The monoisotopic (exact) mass is 292 g/mol. The molecule has 2 saturated carbocycles. The lowest BCUT2D eigenvalue weighted by Crippen LogP contribution is -2.56. The van der Waals surface area contributed by atoms with Crippen molar-refractivity contribution in [3.63, 3.8) is 0 Å². The predicted molar refractivity (Wildman–Crippen MR) is 74.4 cm³/mol. The van der Waals surface area contributed by atoms with E-state index in [0.29, 0.717) is 25.3 Å². The van der Waals surface area contributed by atoms with Gasteiger partial charge in [-0.1, -0.05) is 12.8 Å². The summed E-state index contributed by atoms with van der Waals surface area (Å²) in [5.74, 6) is -0.411. The molecule has 5 heteroatoms. The van der Waals surface area contributed by atoms with Crippen LogP contribution < -0.4 is 5.73 Å². The minimum Gasteiger partial charge on any atom is -0.329 e. The zero-order chi connectivity index (χ0) is 14.8. The van der Waals surface area contributed by atoms with Crippen LogP contribution in [0.1, 0.15) is 51.4 Å². The summed E-state index contributed by atoms with van der Waals surface area (Å²) < 4.78 is 38.3. The fourth-order valence-electron chi connectivity index (χ4n) is 4.00. The maximum Gasteiger partial charge on any atom is 0.391 e. The lowest BCUT2D eigenvalue weighted by molar-refractivity contribution is -0.188. The van der Waals surface area contributed by atoms with Gasteiger partial charge < -0.3 is 5.73 Å². The maximum absolute atomic E-state index is 12.8. The Morgan fingerprint density at radius 3 is 2.10 bits per heavy atom. The van der Waals surface area contributed by atoms with Gasteiger partial charge in [-0.3, -0.25) is 4.90 Å². The quantitative estimate of drug-likeness (QED) is 0.858. The minimum absolute atomic E-state index is 0.204. The second-order valence-corrected chi connectivity index (χ2v) is 6.78. The molecular formula is C15H27F3N2. The molecule has 20 heavy (non-hydrogen) atoms. The van der Waals surface area contributed by atoms with Crippen LogP contribution in [0.25, 0.3) is 0 Å². The first-order valence-corrected chi connectivity index (χ1v) is 7.85. The van der Waals surface area contributed by atoms with Crippen LogP contribution >= 0.6 is 0 Å². The number of nitrogens with zero attached hydrogens (tertiary/aromatic N) is 1. The van der Waals surface area contributed by atoms with Crippen LogP contribution in [0.2, 0.25) is 0 Å². The molecule has 0 unspecified atom stereocenters. The fourth-order valence-corrected chi connectivity index (χ4v) is 4.00. The van der Waals surface area contributed by atoms with Crippen molar-refractivity contribution in [2.75, 3.05) is 20.1 Å². The Labute approximate surface area is 119 Å². The fraction of sp³-hybridized carbons (Fsp3) is 1.00. The lowest BCUT2D eigenvalue weighted by atomic mass is 9.75. The van der Waals surface area contributed by atoms with Crippen LogP contribution in [0.15, 0.2) is 0 Å². The Morgan fingerprint density at radius 2 is 1.65 bits per heavy atom. The molecule has 0 saturated heterocycles. The third kappa shape index (κ3) is 3.48. The number of rotatable bonds is 4. The number of hydrogen-bond acceptors (Lipinski definition) is 2. The summed E-state index contributed by atoms with van der Waals surface area (Å²) in [5.41, 5.74) is 5.74. The summed E-state index contributed by atoms with van der Waals surface area (Å²) in [6, 6.07) is 0. The van der Waals surface area contributed by atoms with Crippen molar-refractivity contribution >= 4 is 0 Å². The second-order valence-electron chi connectivity index (χ2n) is 6.78. The molecule has 0 aromatic heterocycles. The van der Waals surface area contributed by atoms with Crippen LogP contribution in [-0.2, 0) is 0 Å². The molecule has 0 bridgehead atoms. The molecule has 2 fully saturated rings. The molecule has 0 spiro atoms. The molecule has 0 atom stereocenters. The molecule has 2 nitrogen and oxygen atoms in total. The summed E-state index contributed by atoms with van der Waals surface area (Å²) in [6.07, 6.45) is 2.70. The summed E-state index contributed by atoms with van der Waals surface area (Å²) in [7, 11) is 2.05. The van der Waals surface area contributed by atoms with Crippen LogP contribution in [-0.4, -0.2) is 36.8 Å². The van der Waals surface area contributed by atoms with Crippen molar-refractivity contribution in [2.24, 2.45) is 17.6 Å². The Balaban J connectivity index is 1.93. The Bertz CT molecular complexity index is 303. The van der Waals surface area contributed by atoms with Crippen LogP contribution in [0, 0.1) is 11.8 Å².